The molecule has 0 aromatic heterocycles. The lowest BCUT2D eigenvalue weighted by Crippen LogP contribution is -2.46. The minimum atomic E-state index is -0.668. The van der Waals surface area contributed by atoms with Gasteiger partial charge in [0.1, 0.15) is 0 Å². The first-order chi connectivity index (χ1) is 7.63. The average Bonchev–Trinajstić information content (AvgIpc) is 2.27. The van der Waals surface area contributed by atoms with Crippen molar-refractivity contribution in [2.24, 2.45) is 11.7 Å². The molecule has 1 saturated carbocycles. The molecular weight excluding hydrogens is 220 g/mol. The maximum absolute atomic E-state index is 11.0. The molecule has 1 aliphatic rings. The van der Waals surface area contributed by atoms with Gasteiger partial charge in [0.2, 0.25) is 0 Å². The topological polar surface area (TPSA) is 55.1 Å². The Morgan fingerprint density at radius 1 is 1.44 bits per heavy atom. The van der Waals surface area contributed by atoms with E-state index in [0.29, 0.717) is 18.0 Å². The normalized spacial score (nSPS) is 29.9. The predicted molar refractivity (Wildman–Crippen MR) is 70.9 cm³/mol. The highest BCUT2D eigenvalue weighted by Gasteiger charge is 2.24. The van der Waals surface area contributed by atoms with Crippen molar-refractivity contribution in [2.75, 3.05) is 18.6 Å². The fraction of sp³-hybridized carbons (Fsp3) is 1.00. The second kappa shape index (κ2) is 7.41. The Balaban J connectivity index is 2.30. The summed E-state index contributed by atoms with van der Waals surface area (Å²) in [6, 6.07) is 1.04. The molecule has 0 bridgehead atoms. The largest absolute Gasteiger partial charge is 0.330 e. The van der Waals surface area contributed by atoms with Crippen LogP contribution in [0.1, 0.15) is 39.0 Å². The van der Waals surface area contributed by atoms with Gasteiger partial charge in [-0.1, -0.05) is 12.8 Å². The first-order valence-corrected chi connectivity index (χ1v) is 8.12. The molecule has 0 heterocycles. The fourth-order valence-electron chi connectivity index (χ4n) is 2.50. The molecule has 0 aromatic carbocycles. The minimum Gasteiger partial charge on any atom is -0.330 e. The lowest BCUT2D eigenvalue weighted by molar-refractivity contribution is 0.250. The average molecular weight is 246 g/mol. The highest BCUT2D eigenvalue weighted by atomic mass is 32.2. The molecule has 0 saturated heterocycles. The van der Waals surface area contributed by atoms with E-state index in [9.17, 15) is 4.21 Å². The molecule has 1 fully saturated rings. The Hall–Kier alpha value is 0.0700. The van der Waals surface area contributed by atoms with Gasteiger partial charge in [0.25, 0.3) is 0 Å². The van der Waals surface area contributed by atoms with E-state index in [1.54, 1.807) is 6.26 Å². The van der Waals surface area contributed by atoms with E-state index in [1.807, 2.05) is 0 Å². The Labute approximate surface area is 102 Å². The third kappa shape index (κ3) is 4.93. The summed E-state index contributed by atoms with van der Waals surface area (Å²) in [5.74, 6) is 1.44. The summed E-state index contributed by atoms with van der Waals surface area (Å²) in [5, 5.41) is 3.66. The van der Waals surface area contributed by atoms with Crippen molar-refractivity contribution in [3.8, 4) is 0 Å². The van der Waals surface area contributed by atoms with Crippen molar-refractivity contribution in [3.63, 3.8) is 0 Å². The Morgan fingerprint density at radius 2 is 2.12 bits per heavy atom. The molecule has 96 valence electrons. The Kier molecular flexibility index (Phi) is 6.54. The van der Waals surface area contributed by atoms with Crippen LogP contribution in [0.4, 0.5) is 0 Å². The smallest absolute Gasteiger partial charge is 0.0246 e. The quantitative estimate of drug-likeness (QED) is 0.741. The molecule has 1 aliphatic carbocycles. The van der Waals surface area contributed by atoms with E-state index in [0.717, 1.165) is 18.7 Å². The number of rotatable bonds is 6. The van der Waals surface area contributed by atoms with E-state index in [4.69, 9.17) is 5.73 Å². The third-order valence-electron chi connectivity index (χ3n) is 3.55. The van der Waals surface area contributed by atoms with Gasteiger partial charge in [-0.3, -0.25) is 4.21 Å². The summed E-state index contributed by atoms with van der Waals surface area (Å²) < 4.78 is 11.0. The monoisotopic (exact) mass is 246 g/mol. The molecular formula is C12H26N2OS. The summed E-state index contributed by atoms with van der Waals surface area (Å²) in [4.78, 5) is 0. The van der Waals surface area contributed by atoms with Gasteiger partial charge < -0.3 is 11.1 Å². The van der Waals surface area contributed by atoms with Gasteiger partial charge in [-0.2, -0.15) is 0 Å². The highest BCUT2D eigenvalue weighted by Crippen LogP contribution is 2.24. The van der Waals surface area contributed by atoms with Crippen molar-refractivity contribution < 1.29 is 4.21 Å². The molecule has 4 heteroatoms. The zero-order valence-electron chi connectivity index (χ0n) is 10.6. The van der Waals surface area contributed by atoms with Crippen LogP contribution in [-0.2, 0) is 10.8 Å². The van der Waals surface area contributed by atoms with Crippen LogP contribution in [0, 0.1) is 5.92 Å². The van der Waals surface area contributed by atoms with Crippen LogP contribution in [0.5, 0.6) is 0 Å². The van der Waals surface area contributed by atoms with E-state index in [1.165, 1.54) is 25.7 Å². The number of nitrogens with two attached hydrogens (primary N) is 1. The number of hydrogen-bond acceptors (Lipinski definition) is 3. The molecule has 1 rings (SSSR count). The molecule has 4 atom stereocenters. The van der Waals surface area contributed by atoms with E-state index in [2.05, 4.69) is 12.2 Å². The number of hydrogen-bond donors (Lipinski definition) is 2. The SMILES string of the molecule is CC(CCS(C)=O)NC1CCCCC1CN. The van der Waals surface area contributed by atoms with Crippen LogP contribution in [0.25, 0.3) is 0 Å². The second-order valence-corrected chi connectivity index (χ2v) is 6.58. The van der Waals surface area contributed by atoms with Crippen molar-refractivity contribution in [2.45, 2.75) is 51.1 Å². The molecule has 0 aromatic rings. The van der Waals surface area contributed by atoms with Gasteiger partial charge in [-0.15, -0.1) is 0 Å². The highest BCUT2D eigenvalue weighted by molar-refractivity contribution is 7.84. The van der Waals surface area contributed by atoms with Gasteiger partial charge in [0.15, 0.2) is 0 Å². The first kappa shape index (κ1) is 14.1. The summed E-state index contributed by atoms with van der Waals surface area (Å²) in [6.45, 7) is 2.99. The first-order valence-electron chi connectivity index (χ1n) is 6.39. The molecule has 4 unspecified atom stereocenters. The van der Waals surface area contributed by atoms with Crippen LogP contribution in [0.2, 0.25) is 0 Å². The van der Waals surface area contributed by atoms with Crippen LogP contribution in [-0.4, -0.2) is 34.8 Å². The van der Waals surface area contributed by atoms with Gasteiger partial charge in [0.05, 0.1) is 0 Å². The standard InChI is InChI=1S/C12H26N2OS/c1-10(7-8-16(2)15)14-12-6-4-3-5-11(12)9-13/h10-12,14H,3-9,13H2,1-2H3. The van der Waals surface area contributed by atoms with Gasteiger partial charge in [-0.25, -0.2) is 0 Å². The van der Waals surface area contributed by atoms with Gasteiger partial charge in [-0.05, 0) is 38.6 Å². The second-order valence-electron chi connectivity index (χ2n) is 5.02. The Bertz CT molecular complexity index is 223. The zero-order chi connectivity index (χ0) is 12.0. The van der Waals surface area contributed by atoms with Crippen molar-refractivity contribution in [1.29, 1.82) is 0 Å². The predicted octanol–water partition coefficient (Wildman–Crippen LogP) is 1.25. The van der Waals surface area contributed by atoms with Gasteiger partial charge >= 0.3 is 0 Å². The van der Waals surface area contributed by atoms with E-state index >= 15 is 0 Å². The van der Waals surface area contributed by atoms with E-state index < -0.39 is 10.8 Å². The summed E-state index contributed by atoms with van der Waals surface area (Å²) in [6.07, 6.45) is 7.93. The van der Waals surface area contributed by atoms with Crippen LogP contribution >= 0.6 is 0 Å². The van der Waals surface area contributed by atoms with Gasteiger partial charge in [0, 0.05) is 34.9 Å². The van der Waals surface area contributed by atoms with Crippen LogP contribution in [0.15, 0.2) is 0 Å². The lowest BCUT2D eigenvalue weighted by atomic mass is 9.84. The molecule has 3 N–H and O–H groups in total. The maximum Gasteiger partial charge on any atom is 0.0246 e. The van der Waals surface area contributed by atoms with Crippen LogP contribution < -0.4 is 11.1 Å². The zero-order valence-corrected chi connectivity index (χ0v) is 11.4. The molecule has 3 nitrogen and oxygen atoms in total. The molecule has 0 spiro atoms. The summed E-state index contributed by atoms with van der Waals surface area (Å²) in [7, 11) is -0.668. The van der Waals surface area contributed by atoms with E-state index in [-0.39, 0.29) is 0 Å². The molecule has 0 amide bonds. The Morgan fingerprint density at radius 3 is 2.75 bits per heavy atom. The summed E-state index contributed by atoms with van der Waals surface area (Å²) >= 11 is 0. The fourth-order valence-corrected chi connectivity index (χ4v) is 3.19. The minimum absolute atomic E-state index is 0.459. The summed E-state index contributed by atoms with van der Waals surface area (Å²) in [5.41, 5.74) is 5.80. The van der Waals surface area contributed by atoms with Crippen molar-refractivity contribution in [3.05, 3.63) is 0 Å². The molecule has 0 aliphatic heterocycles. The lowest BCUT2D eigenvalue weighted by Gasteiger charge is -2.33. The molecule has 0 radical (unpaired) electrons. The van der Waals surface area contributed by atoms with Crippen molar-refractivity contribution in [1.82, 2.24) is 5.32 Å². The number of nitrogens with one attached hydrogen (secondary N) is 1. The van der Waals surface area contributed by atoms with Crippen molar-refractivity contribution >= 4 is 10.8 Å². The molecule has 16 heavy (non-hydrogen) atoms. The third-order valence-corrected chi connectivity index (χ3v) is 4.36. The van der Waals surface area contributed by atoms with Crippen LogP contribution in [0.3, 0.4) is 0 Å². The maximum atomic E-state index is 11.0.